The molecular weight excluding hydrogens is 316 g/mol. The number of aliphatic hydroxyl groups is 1. The van der Waals surface area contributed by atoms with Crippen molar-refractivity contribution in [2.24, 2.45) is 0 Å². The lowest BCUT2D eigenvalue weighted by Crippen LogP contribution is -2.28. The van der Waals surface area contributed by atoms with Crippen LogP contribution >= 0.6 is 0 Å². The summed E-state index contributed by atoms with van der Waals surface area (Å²) in [5.74, 6) is 1.49. The SMILES string of the molecule is COc1cc(CNCCNCCO)ccc1OCc1ccc(C)cc1. The van der Waals surface area contributed by atoms with Gasteiger partial charge in [-0.25, -0.2) is 0 Å². The number of aryl methyl sites for hydroxylation is 1. The van der Waals surface area contributed by atoms with E-state index in [4.69, 9.17) is 14.6 Å². The number of hydrogen-bond acceptors (Lipinski definition) is 5. The van der Waals surface area contributed by atoms with Crippen LogP contribution in [0.4, 0.5) is 0 Å². The summed E-state index contributed by atoms with van der Waals surface area (Å²) in [6.07, 6.45) is 0. The van der Waals surface area contributed by atoms with Crippen LogP contribution in [-0.4, -0.2) is 38.5 Å². The van der Waals surface area contributed by atoms with Crippen molar-refractivity contribution in [3.8, 4) is 11.5 Å². The summed E-state index contributed by atoms with van der Waals surface area (Å²) in [7, 11) is 1.66. The minimum atomic E-state index is 0.168. The van der Waals surface area contributed by atoms with Gasteiger partial charge in [-0.1, -0.05) is 35.9 Å². The van der Waals surface area contributed by atoms with Crippen LogP contribution in [0.25, 0.3) is 0 Å². The lowest BCUT2D eigenvalue weighted by molar-refractivity contribution is 0.284. The molecule has 0 bridgehead atoms. The molecule has 3 N–H and O–H groups in total. The van der Waals surface area contributed by atoms with Crippen molar-refractivity contribution in [2.75, 3.05) is 33.4 Å². The maximum atomic E-state index is 8.70. The van der Waals surface area contributed by atoms with Crippen molar-refractivity contribution in [3.63, 3.8) is 0 Å². The predicted octanol–water partition coefficient (Wildman–Crippen LogP) is 2.25. The van der Waals surface area contributed by atoms with Gasteiger partial charge in [-0.3, -0.25) is 0 Å². The zero-order chi connectivity index (χ0) is 17.9. The quantitative estimate of drug-likeness (QED) is 0.546. The van der Waals surface area contributed by atoms with Crippen LogP contribution in [-0.2, 0) is 13.2 Å². The molecule has 25 heavy (non-hydrogen) atoms. The molecule has 0 radical (unpaired) electrons. The Kier molecular flexibility index (Phi) is 8.25. The third kappa shape index (κ3) is 6.74. The van der Waals surface area contributed by atoms with Gasteiger partial charge in [0.25, 0.3) is 0 Å². The van der Waals surface area contributed by atoms with Gasteiger partial charge in [0, 0.05) is 26.2 Å². The van der Waals surface area contributed by atoms with Gasteiger partial charge in [0.05, 0.1) is 13.7 Å². The van der Waals surface area contributed by atoms with Crippen LogP contribution in [0.1, 0.15) is 16.7 Å². The molecule has 0 heterocycles. The fourth-order valence-corrected chi connectivity index (χ4v) is 2.40. The summed E-state index contributed by atoms with van der Waals surface area (Å²) in [5.41, 5.74) is 3.51. The molecule has 0 amide bonds. The molecule has 136 valence electrons. The molecule has 2 rings (SSSR count). The average molecular weight is 344 g/mol. The summed E-state index contributed by atoms with van der Waals surface area (Å²) in [5, 5.41) is 15.2. The second-order valence-corrected chi connectivity index (χ2v) is 5.91. The number of rotatable bonds is 11. The second kappa shape index (κ2) is 10.7. The van der Waals surface area contributed by atoms with Gasteiger partial charge in [0.15, 0.2) is 11.5 Å². The van der Waals surface area contributed by atoms with E-state index >= 15 is 0 Å². The zero-order valence-electron chi connectivity index (χ0n) is 15.0. The normalized spacial score (nSPS) is 10.7. The van der Waals surface area contributed by atoms with E-state index in [1.807, 2.05) is 18.2 Å². The first kappa shape index (κ1) is 19.2. The standard InChI is InChI=1S/C20H28N2O3/c1-16-3-5-17(6-4-16)15-25-19-8-7-18(13-20(19)24-2)14-22-10-9-21-11-12-23/h3-8,13,21-23H,9-12,14-15H2,1-2H3. The third-order valence-corrected chi connectivity index (χ3v) is 3.84. The van der Waals surface area contributed by atoms with Crippen LogP contribution in [0.5, 0.6) is 11.5 Å². The van der Waals surface area contributed by atoms with E-state index in [1.165, 1.54) is 5.56 Å². The fourth-order valence-electron chi connectivity index (χ4n) is 2.40. The number of aliphatic hydroxyl groups excluding tert-OH is 1. The molecule has 0 aromatic heterocycles. The molecular formula is C20H28N2O3. The van der Waals surface area contributed by atoms with Gasteiger partial charge in [0.2, 0.25) is 0 Å². The largest absolute Gasteiger partial charge is 0.493 e. The number of methoxy groups -OCH3 is 1. The van der Waals surface area contributed by atoms with Gasteiger partial charge in [0.1, 0.15) is 6.61 Å². The molecule has 2 aromatic carbocycles. The van der Waals surface area contributed by atoms with Crippen LogP contribution < -0.4 is 20.1 Å². The predicted molar refractivity (Wildman–Crippen MR) is 100 cm³/mol. The Morgan fingerprint density at radius 3 is 2.32 bits per heavy atom. The minimum Gasteiger partial charge on any atom is -0.493 e. The topological polar surface area (TPSA) is 62.8 Å². The molecule has 0 unspecified atom stereocenters. The van der Waals surface area contributed by atoms with Crippen molar-refractivity contribution >= 4 is 0 Å². The van der Waals surface area contributed by atoms with Crippen molar-refractivity contribution in [1.82, 2.24) is 10.6 Å². The summed E-state index contributed by atoms with van der Waals surface area (Å²) in [6, 6.07) is 14.3. The van der Waals surface area contributed by atoms with Crippen molar-refractivity contribution in [2.45, 2.75) is 20.1 Å². The Hall–Kier alpha value is -2.08. The fraction of sp³-hybridized carbons (Fsp3) is 0.400. The van der Waals surface area contributed by atoms with E-state index in [-0.39, 0.29) is 6.61 Å². The highest BCUT2D eigenvalue weighted by molar-refractivity contribution is 5.43. The molecule has 0 aliphatic carbocycles. The van der Waals surface area contributed by atoms with E-state index in [9.17, 15) is 0 Å². The first-order valence-electron chi connectivity index (χ1n) is 8.60. The number of nitrogens with one attached hydrogen (secondary N) is 2. The Morgan fingerprint density at radius 1 is 0.880 bits per heavy atom. The Balaban J connectivity index is 1.84. The van der Waals surface area contributed by atoms with E-state index in [2.05, 4.69) is 41.8 Å². The van der Waals surface area contributed by atoms with Crippen LogP contribution in [0, 0.1) is 6.92 Å². The molecule has 0 aliphatic heterocycles. The van der Waals surface area contributed by atoms with E-state index in [0.29, 0.717) is 13.2 Å². The summed E-state index contributed by atoms with van der Waals surface area (Å²) >= 11 is 0. The molecule has 0 atom stereocenters. The molecule has 0 fully saturated rings. The number of hydrogen-bond donors (Lipinski definition) is 3. The van der Waals surface area contributed by atoms with Gasteiger partial charge < -0.3 is 25.2 Å². The van der Waals surface area contributed by atoms with Crippen molar-refractivity contribution in [1.29, 1.82) is 0 Å². The highest BCUT2D eigenvalue weighted by atomic mass is 16.5. The molecule has 2 aromatic rings. The van der Waals surface area contributed by atoms with Crippen molar-refractivity contribution < 1.29 is 14.6 Å². The van der Waals surface area contributed by atoms with Crippen LogP contribution in [0.3, 0.4) is 0 Å². The maximum absolute atomic E-state index is 8.70. The molecule has 0 saturated heterocycles. The second-order valence-electron chi connectivity index (χ2n) is 5.91. The minimum absolute atomic E-state index is 0.168. The number of benzene rings is 2. The first-order chi connectivity index (χ1) is 12.2. The molecule has 5 heteroatoms. The third-order valence-electron chi connectivity index (χ3n) is 3.84. The Morgan fingerprint density at radius 2 is 1.60 bits per heavy atom. The molecule has 0 saturated carbocycles. The van der Waals surface area contributed by atoms with Gasteiger partial charge >= 0.3 is 0 Å². The smallest absolute Gasteiger partial charge is 0.161 e. The zero-order valence-corrected chi connectivity index (χ0v) is 15.0. The summed E-state index contributed by atoms with van der Waals surface area (Å²) in [4.78, 5) is 0. The Labute approximate surface area is 150 Å². The van der Waals surface area contributed by atoms with Gasteiger partial charge in [-0.15, -0.1) is 0 Å². The van der Waals surface area contributed by atoms with Crippen LogP contribution in [0.2, 0.25) is 0 Å². The first-order valence-corrected chi connectivity index (χ1v) is 8.60. The molecule has 5 nitrogen and oxygen atoms in total. The van der Waals surface area contributed by atoms with E-state index in [1.54, 1.807) is 7.11 Å². The highest BCUT2D eigenvalue weighted by Gasteiger charge is 2.06. The van der Waals surface area contributed by atoms with Gasteiger partial charge in [-0.05, 0) is 30.2 Å². The highest BCUT2D eigenvalue weighted by Crippen LogP contribution is 2.28. The number of ether oxygens (including phenoxy) is 2. The molecule has 0 spiro atoms. The van der Waals surface area contributed by atoms with Gasteiger partial charge in [-0.2, -0.15) is 0 Å². The van der Waals surface area contributed by atoms with E-state index in [0.717, 1.165) is 42.3 Å². The van der Waals surface area contributed by atoms with Crippen molar-refractivity contribution in [3.05, 3.63) is 59.2 Å². The Bertz CT molecular complexity index is 629. The summed E-state index contributed by atoms with van der Waals surface area (Å²) < 4.78 is 11.4. The monoisotopic (exact) mass is 344 g/mol. The average Bonchev–Trinajstić information content (AvgIpc) is 2.64. The lowest BCUT2D eigenvalue weighted by atomic mass is 10.1. The van der Waals surface area contributed by atoms with Crippen LogP contribution in [0.15, 0.2) is 42.5 Å². The molecule has 0 aliphatic rings. The summed E-state index contributed by atoms with van der Waals surface area (Å²) in [6.45, 7) is 5.82. The maximum Gasteiger partial charge on any atom is 0.161 e. The lowest BCUT2D eigenvalue weighted by Gasteiger charge is -2.13. The van der Waals surface area contributed by atoms with E-state index < -0.39 is 0 Å².